The van der Waals surface area contributed by atoms with Gasteiger partial charge in [-0.1, -0.05) is 46.0 Å². The van der Waals surface area contributed by atoms with E-state index in [1.807, 2.05) is 0 Å². The highest BCUT2D eigenvalue weighted by Crippen LogP contribution is 2.37. The summed E-state index contributed by atoms with van der Waals surface area (Å²) in [6, 6.07) is 1.88. The van der Waals surface area contributed by atoms with E-state index in [-0.39, 0.29) is 0 Å². The lowest BCUT2D eigenvalue weighted by molar-refractivity contribution is 0.0855. The molecule has 0 aromatic heterocycles. The van der Waals surface area contributed by atoms with Gasteiger partial charge >= 0.3 is 0 Å². The number of nitrogens with one attached hydrogen (secondary N) is 1. The van der Waals surface area contributed by atoms with Crippen molar-refractivity contribution in [2.45, 2.75) is 89.8 Å². The van der Waals surface area contributed by atoms with Gasteiger partial charge in [0, 0.05) is 18.1 Å². The van der Waals surface area contributed by atoms with Crippen molar-refractivity contribution in [1.29, 1.82) is 0 Å². The van der Waals surface area contributed by atoms with E-state index >= 15 is 0 Å². The number of hydrogen-bond donors (Lipinski definition) is 2. The molecule has 2 fully saturated rings. The van der Waals surface area contributed by atoms with Gasteiger partial charge in [0.15, 0.2) is 0 Å². The average molecular weight is 252 g/mol. The zero-order valence-electron chi connectivity index (χ0n) is 12.3. The molecule has 1 aliphatic heterocycles. The average Bonchev–Trinajstić information content (AvgIpc) is 2.40. The first-order valence-electron chi connectivity index (χ1n) is 8.29. The van der Waals surface area contributed by atoms with Gasteiger partial charge in [-0.3, -0.25) is 0 Å². The Labute approximate surface area is 113 Å². The molecule has 0 spiro atoms. The largest absolute Gasteiger partial charge is 0.327 e. The van der Waals surface area contributed by atoms with Crippen molar-refractivity contribution in [2.75, 3.05) is 0 Å². The summed E-state index contributed by atoms with van der Waals surface area (Å²) < 4.78 is 0. The smallest absolute Gasteiger partial charge is 0.0125 e. The lowest BCUT2D eigenvalue weighted by Gasteiger charge is -2.49. The Morgan fingerprint density at radius 1 is 1.06 bits per heavy atom. The second-order valence-electron chi connectivity index (χ2n) is 6.50. The molecule has 0 radical (unpaired) electrons. The van der Waals surface area contributed by atoms with Crippen LogP contribution >= 0.6 is 0 Å². The van der Waals surface area contributed by atoms with Crippen molar-refractivity contribution in [3.63, 3.8) is 0 Å². The van der Waals surface area contributed by atoms with E-state index in [0.29, 0.717) is 12.1 Å². The summed E-state index contributed by atoms with van der Waals surface area (Å²) in [6.45, 7) is 4.59. The molecular weight excluding hydrogens is 220 g/mol. The van der Waals surface area contributed by atoms with Crippen molar-refractivity contribution >= 4 is 0 Å². The third-order valence-corrected chi connectivity index (χ3v) is 5.24. The predicted octanol–water partition coefficient (Wildman–Crippen LogP) is 3.45. The van der Waals surface area contributed by atoms with Gasteiger partial charge in [-0.15, -0.1) is 0 Å². The molecule has 5 unspecified atom stereocenters. The van der Waals surface area contributed by atoms with Gasteiger partial charge in [-0.2, -0.15) is 0 Å². The Bertz CT molecular complexity index is 241. The minimum atomic E-state index is 0.457. The lowest BCUT2D eigenvalue weighted by Crippen LogP contribution is -2.62. The Morgan fingerprint density at radius 3 is 2.56 bits per heavy atom. The predicted molar refractivity (Wildman–Crippen MR) is 78.6 cm³/mol. The molecule has 0 bridgehead atoms. The second-order valence-corrected chi connectivity index (χ2v) is 6.50. The van der Waals surface area contributed by atoms with E-state index < -0.39 is 0 Å². The zero-order valence-corrected chi connectivity index (χ0v) is 12.3. The molecule has 1 saturated carbocycles. The Kier molecular flexibility index (Phi) is 5.50. The summed E-state index contributed by atoms with van der Waals surface area (Å²) in [7, 11) is 0. The number of fused-ring (bicyclic) bond motifs is 1. The summed E-state index contributed by atoms with van der Waals surface area (Å²) in [6.07, 6.45) is 12.1. The van der Waals surface area contributed by atoms with Crippen LogP contribution in [-0.4, -0.2) is 18.1 Å². The Morgan fingerprint density at radius 2 is 1.83 bits per heavy atom. The summed E-state index contributed by atoms with van der Waals surface area (Å²) in [5, 5.41) is 3.98. The number of piperidine rings is 1. The maximum atomic E-state index is 6.64. The molecule has 1 saturated heterocycles. The molecule has 18 heavy (non-hydrogen) atoms. The molecule has 0 amide bonds. The number of nitrogens with two attached hydrogens (primary N) is 1. The summed E-state index contributed by atoms with van der Waals surface area (Å²) in [5.74, 6) is 1.48. The van der Waals surface area contributed by atoms with Crippen LogP contribution in [0.15, 0.2) is 0 Å². The first kappa shape index (κ1) is 14.3. The van der Waals surface area contributed by atoms with E-state index in [1.54, 1.807) is 0 Å². The van der Waals surface area contributed by atoms with Gasteiger partial charge in [0.1, 0.15) is 0 Å². The SMILES string of the molecule is CCCCC1NC2CCCCC2C(N)C1CCC. The van der Waals surface area contributed by atoms with Gasteiger partial charge in [0.2, 0.25) is 0 Å². The zero-order chi connectivity index (χ0) is 13.0. The van der Waals surface area contributed by atoms with Crippen LogP contribution < -0.4 is 11.1 Å². The van der Waals surface area contributed by atoms with Crippen LogP contribution in [-0.2, 0) is 0 Å². The van der Waals surface area contributed by atoms with Crippen LogP contribution in [0.3, 0.4) is 0 Å². The Hall–Kier alpha value is -0.0800. The standard InChI is InChI=1S/C16H32N2/c1-3-5-10-14-12(8-4-2)16(17)13-9-6-7-11-15(13)18-14/h12-16,18H,3-11,17H2,1-2H3. The third kappa shape index (κ3) is 3.08. The van der Waals surface area contributed by atoms with E-state index in [2.05, 4.69) is 19.2 Å². The summed E-state index contributed by atoms with van der Waals surface area (Å²) in [4.78, 5) is 0. The molecule has 2 nitrogen and oxygen atoms in total. The summed E-state index contributed by atoms with van der Waals surface area (Å²) >= 11 is 0. The summed E-state index contributed by atoms with van der Waals surface area (Å²) in [5.41, 5.74) is 6.64. The normalized spacial score (nSPS) is 40.5. The van der Waals surface area contributed by atoms with Gasteiger partial charge in [0.25, 0.3) is 0 Å². The van der Waals surface area contributed by atoms with Crippen molar-refractivity contribution in [3.05, 3.63) is 0 Å². The molecule has 1 heterocycles. The van der Waals surface area contributed by atoms with E-state index in [4.69, 9.17) is 5.73 Å². The van der Waals surface area contributed by atoms with Crippen LogP contribution in [0, 0.1) is 11.8 Å². The molecule has 5 atom stereocenters. The van der Waals surface area contributed by atoms with Gasteiger partial charge in [0.05, 0.1) is 0 Å². The lowest BCUT2D eigenvalue weighted by atomic mass is 9.68. The topological polar surface area (TPSA) is 38.0 Å². The molecule has 1 aliphatic carbocycles. The first-order valence-corrected chi connectivity index (χ1v) is 8.29. The molecule has 2 heteroatoms. The number of rotatable bonds is 5. The molecule has 0 aromatic carbocycles. The van der Waals surface area contributed by atoms with Crippen molar-refractivity contribution in [3.8, 4) is 0 Å². The molecule has 106 valence electrons. The third-order valence-electron chi connectivity index (χ3n) is 5.24. The number of hydrogen-bond acceptors (Lipinski definition) is 2. The van der Waals surface area contributed by atoms with Gasteiger partial charge in [-0.05, 0) is 37.5 Å². The van der Waals surface area contributed by atoms with Crippen LogP contribution in [0.1, 0.15) is 71.6 Å². The minimum Gasteiger partial charge on any atom is -0.327 e. The van der Waals surface area contributed by atoms with Crippen LogP contribution in [0.25, 0.3) is 0 Å². The fourth-order valence-electron chi connectivity index (χ4n) is 4.26. The maximum Gasteiger partial charge on any atom is 0.0125 e. The van der Waals surface area contributed by atoms with E-state index in [1.165, 1.54) is 57.8 Å². The van der Waals surface area contributed by atoms with Crippen molar-refractivity contribution in [2.24, 2.45) is 17.6 Å². The maximum absolute atomic E-state index is 6.64. The molecule has 3 N–H and O–H groups in total. The fraction of sp³-hybridized carbons (Fsp3) is 1.00. The highest BCUT2D eigenvalue weighted by molar-refractivity contribution is 5.00. The quantitative estimate of drug-likeness (QED) is 0.786. The van der Waals surface area contributed by atoms with Crippen LogP contribution in [0.5, 0.6) is 0 Å². The fourth-order valence-corrected chi connectivity index (χ4v) is 4.26. The molecule has 2 rings (SSSR count). The van der Waals surface area contributed by atoms with Crippen LogP contribution in [0.4, 0.5) is 0 Å². The highest BCUT2D eigenvalue weighted by atomic mass is 15.0. The van der Waals surface area contributed by atoms with Gasteiger partial charge < -0.3 is 11.1 Å². The monoisotopic (exact) mass is 252 g/mol. The molecular formula is C16H32N2. The molecule has 2 aliphatic rings. The second kappa shape index (κ2) is 6.91. The highest BCUT2D eigenvalue weighted by Gasteiger charge is 2.42. The minimum absolute atomic E-state index is 0.457. The number of unbranched alkanes of at least 4 members (excludes halogenated alkanes) is 1. The van der Waals surface area contributed by atoms with Crippen molar-refractivity contribution in [1.82, 2.24) is 5.32 Å². The van der Waals surface area contributed by atoms with E-state index in [9.17, 15) is 0 Å². The first-order chi connectivity index (χ1) is 8.77. The van der Waals surface area contributed by atoms with Gasteiger partial charge in [-0.25, -0.2) is 0 Å². The van der Waals surface area contributed by atoms with E-state index in [0.717, 1.165) is 17.9 Å². The van der Waals surface area contributed by atoms with Crippen LogP contribution in [0.2, 0.25) is 0 Å². The van der Waals surface area contributed by atoms with Crippen molar-refractivity contribution < 1.29 is 0 Å². The molecule has 0 aromatic rings. The Balaban J connectivity index is 2.02.